The van der Waals surface area contributed by atoms with Crippen LogP contribution in [0.5, 0.6) is 0 Å². The fourth-order valence-electron chi connectivity index (χ4n) is 2.79. The number of anilines is 1. The molecule has 0 aliphatic carbocycles. The zero-order valence-corrected chi connectivity index (χ0v) is 15.2. The van der Waals surface area contributed by atoms with Crippen molar-refractivity contribution in [2.75, 3.05) is 17.1 Å². The summed E-state index contributed by atoms with van der Waals surface area (Å²) in [5.74, 6) is -0.179. The zero-order chi connectivity index (χ0) is 17.3. The van der Waals surface area contributed by atoms with E-state index in [-0.39, 0.29) is 5.91 Å². The van der Waals surface area contributed by atoms with Gasteiger partial charge in [-0.15, -0.1) is 11.3 Å². The molecule has 1 amide bonds. The van der Waals surface area contributed by atoms with Crippen LogP contribution in [-0.4, -0.2) is 32.1 Å². The van der Waals surface area contributed by atoms with Crippen LogP contribution in [0.15, 0.2) is 23.6 Å². The Morgan fingerprint density at radius 1 is 1.42 bits per heavy atom. The highest BCUT2D eigenvalue weighted by Crippen LogP contribution is 2.29. The average Bonchev–Trinajstić information content (AvgIpc) is 2.96. The van der Waals surface area contributed by atoms with Gasteiger partial charge < -0.3 is 5.32 Å². The maximum Gasteiger partial charge on any atom is 0.251 e. The molecule has 1 aliphatic heterocycles. The lowest BCUT2D eigenvalue weighted by Crippen LogP contribution is -2.34. The summed E-state index contributed by atoms with van der Waals surface area (Å²) in [6.07, 6.45) is 2.73. The van der Waals surface area contributed by atoms with Gasteiger partial charge in [-0.25, -0.2) is 13.4 Å². The Morgan fingerprint density at radius 2 is 2.21 bits per heavy atom. The summed E-state index contributed by atoms with van der Waals surface area (Å²) in [6, 6.07) is 5.18. The molecule has 6 nitrogen and oxygen atoms in total. The maximum absolute atomic E-state index is 12.3. The smallest absolute Gasteiger partial charge is 0.251 e. The van der Waals surface area contributed by atoms with E-state index in [1.807, 2.05) is 12.3 Å². The highest BCUT2D eigenvalue weighted by Gasteiger charge is 2.24. The number of aryl methyl sites for hydroxylation is 2. The van der Waals surface area contributed by atoms with Crippen molar-refractivity contribution in [3.8, 4) is 0 Å². The summed E-state index contributed by atoms with van der Waals surface area (Å²) in [7, 11) is -3.29. The molecule has 2 heterocycles. The Hall–Kier alpha value is -1.93. The Morgan fingerprint density at radius 3 is 2.88 bits per heavy atom. The van der Waals surface area contributed by atoms with Crippen molar-refractivity contribution < 1.29 is 13.2 Å². The van der Waals surface area contributed by atoms with E-state index in [1.165, 1.54) is 21.9 Å². The minimum absolute atomic E-state index is 0.179. The number of fused-ring (bicyclic) bond motifs is 1. The first-order valence-electron chi connectivity index (χ1n) is 7.64. The Balaban J connectivity index is 1.77. The molecule has 1 N–H and O–H groups in total. The molecule has 0 spiro atoms. The normalized spacial score (nSPS) is 14.3. The van der Waals surface area contributed by atoms with E-state index in [2.05, 4.69) is 10.3 Å². The largest absolute Gasteiger partial charge is 0.346 e. The summed E-state index contributed by atoms with van der Waals surface area (Å²) >= 11 is 1.51. The Kier molecular flexibility index (Phi) is 4.60. The lowest BCUT2D eigenvalue weighted by Gasteiger charge is -2.29. The topological polar surface area (TPSA) is 79.4 Å². The van der Waals surface area contributed by atoms with Crippen LogP contribution in [0.1, 0.15) is 33.0 Å². The second kappa shape index (κ2) is 6.52. The average molecular weight is 365 g/mol. The van der Waals surface area contributed by atoms with E-state index in [0.29, 0.717) is 24.3 Å². The maximum atomic E-state index is 12.3. The molecule has 0 atom stereocenters. The van der Waals surface area contributed by atoms with E-state index in [0.717, 1.165) is 29.1 Å². The van der Waals surface area contributed by atoms with Crippen LogP contribution in [0.25, 0.3) is 0 Å². The number of rotatable bonds is 4. The third-order valence-corrected chi connectivity index (χ3v) is 6.03. The fourth-order valence-corrected chi connectivity index (χ4v) is 4.50. The molecule has 0 radical (unpaired) electrons. The standard InChI is InChI=1S/C16H19N3O3S2/c1-11-10-23-15(18-11)9-17-16(20)13-5-6-14-12(8-13)4-3-7-19(14)24(2,21)22/h5-6,8,10H,3-4,7,9H2,1-2H3,(H,17,20). The van der Waals surface area contributed by atoms with Gasteiger partial charge in [0.2, 0.25) is 10.0 Å². The number of nitrogens with one attached hydrogen (secondary N) is 1. The lowest BCUT2D eigenvalue weighted by molar-refractivity contribution is 0.0950. The van der Waals surface area contributed by atoms with Gasteiger partial charge in [0.15, 0.2) is 0 Å². The third-order valence-electron chi connectivity index (χ3n) is 3.88. The minimum Gasteiger partial charge on any atom is -0.346 e. The van der Waals surface area contributed by atoms with Crippen molar-refractivity contribution in [2.24, 2.45) is 0 Å². The van der Waals surface area contributed by atoms with Crippen molar-refractivity contribution in [3.05, 3.63) is 45.4 Å². The van der Waals surface area contributed by atoms with Crippen LogP contribution in [0.4, 0.5) is 5.69 Å². The number of hydrogen-bond acceptors (Lipinski definition) is 5. The summed E-state index contributed by atoms with van der Waals surface area (Å²) < 4.78 is 25.1. The number of nitrogens with zero attached hydrogens (tertiary/aromatic N) is 2. The molecule has 1 aliphatic rings. The van der Waals surface area contributed by atoms with Gasteiger partial charge >= 0.3 is 0 Å². The number of aromatic nitrogens is 1. The summed E-state index contributed by atoms with van der Waals surface area (Å²) in [4.78, 5) is 16.6. The van der Waals surface area contributed by atoms with Crippen LogP contribution in [-0.2, 0) is 23.0 Å². The number of carbonyl (C=O) groups is 1. The predicted octanol–water partition coefficient (Wildman–Crippen LogP) is 2.09. The summed E-state index contributed by atoms with van der Waals surface area (Å²) in [6.45, 7) is 2.80. The van der Waals surface area contributed by atoms with Gasteiger partial charge in [0.1, 0.15) is 5.01 Å². The summed E-state index contributed by atoms with van der Waals surface area (Å²) in [5.41, 5.74) is 3.05. The molecule has 1 aromatic heterocycles. The van der Waals surface area contributed by atoms with E-state index in [1.54, 1.807) is 18.2 Å². The number of carbonyl (C=O) groups excluding carboxylic acids is 1. The molecule has 24 heavy (non-hydrogen) atoms. The second-order valence-electron chi connectivity index (χ2n) is 5.85. The Labute approximate surface area is 145 Å². The second-order valence-corrected chi connectivity index (χ2v) is 8.70. The van der Waals surface area contributed by atoms with E-state index in [9.17, 15) is 13.2 Å². The van der Waals surface area contributed by atoms with Gasteiger partial charge in [-0.05, 0) is 43.5 Å². The van der Waals surface area contributed by atoms with Gasteiger partial charge in [0.25, 0.3) is 5.91 Å². The molecular weight excluding hydrogens is 346 g/mol. The summed E-state index contributed by atoms with van der Waals surface area (Å²) in [5, 5.41) is 5.66. The molecule has 0 saturated carbocycles. The number of sulfonamides is 1. The molecule has 2 aromatic rings. The van der Waals surface area contributed by atoms with E-state index in [4.69, 9.17) is 0 Å². The van der Waals surface area contributed by atoms with Crippen molar-refractivity contribution in [2.45, 2.75) is 26.3 Å². The van der Waals surface area contributed by atoms with Crippen molar-refractivity contribution in [1.82, 2.24) is 10.3 Å². The third kappa shape index (κ3) is 3.59. The molecule has 3 rings (SSSR count). The number of benzene rings is 1. The molecule has 128 valence electrons. The lowest BCUT2D eigenvalue weighted by atomic mass is 10.0. The Bertz CT molecular complexity index is 874. The van der Waals surface area contributed by atoms with Crippen molar-refractivity contribution in [3.63, 3.8) is 0 Å². The van der Waals surface area contributed by atoms with Gasteiger partial charge in [-0.3, -0.25) is 9.10 Å². The van der Waals surface area contributed by atoms with Crippen LogP contribution in [0, 0.1) is 6.92 Å². The molecule has 0 saturated heterocycles. The van der Waals surface area contributed by atoms with Crippen LogP contribution in [0.3, 0.4) is 0 Å². The molecule has 0 unspecified atom stereocenters. The molecular formula is C16H19N3O3S2. The number of hydrogen-bond donors (Lipinski definition) is 1. The van der Waals surface area contributed by atoms with Crippen LogP contribution < -0.4 is 9.62 Å². The zero-order valence-electron chi connectivity index (χ0n) is 13.6. The minimum atomic E-state index is -3.29. The van der Waals surface area contributed by atoms with Gasteiger partial charge in [0.05, 0.1) is 18.5 Å². The van der Waals surface area contributed by atoms with Gasteiger partial charge in [-0.1, -0.05) is 0 Å². The van der Waals surface area contributed by atoms with Crippen molar-refractivity contribution in [1.29, 1.82) is 0 Å². The molecule has 0 bridgehead atoms. The predicted molar refractivity (Wildman–Crippen MR) is 95.0 cm³/mol. The SMILES string of the molecule is Cc1csc(CNC(=O)c2ccc3c(c2)CCCN3S(C)(=O)=O)n1. The van der Waals surface area contributed by atoms with Crippen molar-refractivity contribution >= 4 is 33.0 Å². The number of thiazole rings is 1. The fraction of sp³-hybridized carbons (Fsp3) is 0.375. The van der Waals surface area contributed by atoms with E-state index >= 15 is 0 Å². The van der Waals surface area contributed by atoms with Gasteiger partial charge in [0, 0.05) is 23.2 Å². The highest BCUT2D eigenvalue weighted by molar-refractivity contribution is 7.92. The quantitative estimate of drug-likeness (QED) is 0.900. The van der Waals surface area contributed by atoms with Crippen LogP contribution in [0.2, 0.25) is 0 Å². The number of amides is 1. The molecule has 1 aromatic carbocycles. The molecule has 0 fully saturated rings. The highest BCUT2D eigenvalue weighted by atomic mass is 32.2. The van der Waals surface area contributed by atoms with Crippen LogP contribution >= 0.6 is 11.3 Å². The monoisotopic (exact) mass is 365 g/mol. The first kappa shape index (κ1) is 16.9. The molecule has 8 heteroatoms. The van der Waals surface area contributed by atoms with Gasteiger partial charge in [-0.2, -0.15) is 0 Å². The first-order chi connectivity index (χ1) is 11.3. The first-order valence-corrected chi connectivity index (χ1v) is 10.4. The van der Waals surface area contributed by atoms with E-state index < -0.39 is 10.0 Å².